The first-order valence-electron chi connectivity index (χ1n) is 5.87. The first-order valence-corrected chi connectivity index (χ1v) is 7.76. The lowest BCUT2D eigenvalue weighted by Crippen LogP contribution is -2.24. The lowest BCUT2D eigenvalue weighted by atomic mass is 10.0. The molecule has 1 aliphatic rings. The number of hydrogen-bond acceptors (Lipinski definition) is 4. The molecule has 1 heterocycles. The van der Waals surface area contributed by atoms with Crippen LogP contribution >= 0.6 is 0 Å². The molecule has 5 nitrogen and oxygen atoms in total. The Morgan fingerprint density at radius 3 is 2.71 bits per heavy atom. The summed E-state index contributed by atoms with van der Waals surface area (Å²) in [5.74, 6) is 0.334. The van der Waals surface area contributed by atoms with Crippen molar-refractivity contribution in [2.75, 3.05) is 6.26 Å². The van der Waals surface area contributed by atoms with Gasteiger partial charge in [-0.05, 0) is 18.8 Å². The highest BCUT2D eigenvalue weighted by molar-refractivity contribution is 7.90. The van der Waals surface area contributed by atoms with Crippen molar-refractivity contribution in [1.29, 1.82) is 0 Å². The van der Waals surface area contributed by atoms with Gasteiger partial charge in [-0.2, -0.15) is 5.10 Å². The Balaban J connectivity index is 2.01. The fraction of sp³-hybridized carbons (Fsp3) is 0.727. The lowest BCUT2D eigenvalue weighted by molar-refractivity contribution is 0.0893. The predicted octanol–water partition coefficient (Wildman–Crippen LogP) is 0.838. The number of aromatic nitrogens is 2. The van der Waals surface area contributed by atoms with E-state index < -0.39 is 15.9 Å². The van der Waals surface area contributed by atoms with Gasteiger partial charge in [-0.15, -0.1) is 0 Å². The van der Waals surface area contributed by atoms with Crippen LogP contribution in [0, 0.1) is 5.92 Å². The van der Waals surface area contributed by atoms with Crippen molar-refractivity contribution in [2.24, 2.45) is 5.92 Å². The SMILES string of the molecule is CS(=O)(=O)c1cnn(CC(O)C2CCCC2)c1. The van der Waals surface area contributed by atoms with Crippen molar-refractivity contribution in [2.45, 2.75) is 43.2 Å². The normalized spacial score (nSPS) is 19.6. The topological polar surface area (TPSA) is 72.2 Å². The van der Waals surface area contributed by atoms with Crippen LogP contribution in [0.4, 0.5) is 0 Å². The third-order valence-electron chi connectivity index (χ3n) is 3.36. The number of nitrogens with zero attached hydrogens (tertiary/aromatic N) is 2. The molecule has 1 aromatic heterocycles. The molecule has 1 aromatic rings. The minimum absolute atomic E-state index is 0.205. The molecule has 0 aromatic carbocycles. The molecule has 96 valence electrons. The van der Waals surface area contributed by atoms with Crippen molar-refractivity contribution < 1.29 is 13.5 Å². The minimum Gasteiger partial charge on any atom is -0.391 e. The van der Waals surface area contributed by atoms with E-state index in [2.05, 4.69) is 5.10 Å². The lowest BCUT2D eigenvalue weighted by Gasteiger charge is -2.17. The Morgan fingerprint density at radius 1 is 1.53 bits per heavy atom. The molecule has 17 heavy (non-hydrogen) atoms. The van der Waals surface area contributed by atoms with Gasteiger partial charge < -0.3 is 5.11 Å². The second-order valence-corrected chi connectivity index (χ2v) is 6.80. The first kappa shape index (κ1) is 12.6. The highest BCUT2D eigenvalue weighted by Gasteiger charge is 2.23. The fourth-order valence-corrected chi connectivity index (χ4v) is 2.87. The molecule has 1 fully saturated rings. The predicted molar refractivity (Wildman–Crippen MR) is 63.3 cm³/mol. The molecule has 1 unspecified atom stereocenters. The molecule has 0 saturated heterocycles. The second kappa shape index (κ2) is 4.78. The van der Waals surface area contributed by atoms with Crippen LogP contribution in [0.1, 0.15) is 25.7 Å². The largest absolute Gasteiger partial charge is 0.391 e. The third kappa shape index (κ3) is 3.07. The summed E-state index contributed by atoms with van der Waals surface area (Å²) in [5, 5.41) is 14.0. The van der Waals surface area contributed by atoms with Crippen molar-refractivity contribution in [3.05, 3.63) is 12.4 Å². The molecule has 0 aliphatic heterocycles. The van der Waals surface area contributed by atoms with Crippen LogP contribution in [0.5, 0.6) is 0 Å². The highest BCUT2D eigenvalue weighted by Crippen LogP contribution is 2.28. The van der Waals surface area contributed by atoms with Crippen molar-refractivity contribution in [3.8, 4) is 0 Å². The van der Waals surface area contributed by atoms with Gasteiger partial charge in [0.25, 0.3) is 0 Å². The van der Waals surface area contributed by atoms with Crippen LogP contribution in [-0.2, 0) is 16.4 Å². The Labute approximate surface area is 101 Å². The second-order valence-electron chi connectivity index (χ2n) is 4.78. The molecule has 1 saturated carbocycles. The summed E-state index contributed by atoms with van der Waals surface area (Å²) in [4.78, 5) is 0.205. The van der Waals surface area contributed by atoms with Crippen molar-refractivity contribution >= 4 is 9.84 Å². The van der Waals surface area contributed by atoms with E-state index in [9.17, 15) is 13.5 Å². The van der Waals surface area contributed by atoms with Gasteiger partial charge in [-0.25, -0.2) is 8.42 Å². The molecule has 2 rings (SSSR count). The van der Waals surface area contributed by atoms with Crippen molar-refractivity contribution in [3.63, 3.8) is 0 Å². The van der Waals surface area contributed by atoms with Gasteiger partial charge in [0.2, 0.25) is 0 Å². The Kier molecular flexibility index (Phi) is 3.53. The van der Waals surface area contributed by atoms with E-state index in [1.165, 1.54) is 29.9 Å². The number of aliphatic hydroxyl groups excluding tert-OH is 1. The van der Waals surface area contributed by atoms with Crippen LogP contribution in [0.15, 0.2) is 17.3 Å². The molecule has 1 aliphatic carbocycles. The summed E-state index contributed by atoms with van der Waals surface area (Å²) in [7, 11) is -3.20. The Hall–Kier alpha value is -0.880. The van der Waals surface area contributed by atoms with Gasteiger partial charge in [-0.1, -0.05) is 12.8 Å². The minimum atomic E-state index is -3.20. The van der Waals surface area contributed by atoms with E-state index in [1.54, 1.807) is 0 Å². The highest BCUT2D eigenvalue weighted by atomic mass is 32.2. The molecule has 1 atom stereocenters. The maximum Gasteiger partial charge on any atom is 0.178 e. The number of rotatable bonds is 4. The monoisotopic (exact) mass is 258 g/mol. The Bertz CT molecular complexity index is 475. The average molecular weight is 258 g/mol. The number of hydrogen-bond donors (Lipinski definition) is 1. The van der Waals surface area contributed by atoms with Crippen LogP contribution in [-0.4, -0.2) is 35.7 Å². The van der Waals surface area contributed by atoms with Crippen LogP contribution in [0.25, 0.3) is 0 Å². The van der Waals surface area contributed by atoms with Gasteiger partial charge in [0.1, 0.15) is 4.90 Å². The Morgan fingerprint density at radius 2 is 2.18 bits per heavy atom. The zero-order valence-electron chi connectivity index (χ0n) is 9.91. The summed E-state index contributed by atoms with van der Waals surface area (Å²) in [6.45, 7) is 0.375. The average Bonchev–Trinajstić information content (AvgIpc) is 2.85. The molecular weight excluding hydrogens is 240 g/mol. The standard InChI is InChI=1S/C11H18N2O3S/c1-17(15,16)10-6-12-13(7-10)8-11(14)9-4-2-3-5-9/h6-7,9,11,14H,2-5,8H2,1H3. The molecule has 1 N–H and O–H groups in total. The van der Waals surface area contributed by atoms with Crippen LogP contribution in [0.2, 0.25) is 0 Å². The molecule has 0 spiro atoms. The maximum atomic E-state index is 11.3. The summed E-state index contributed by atoms with van der Waals surface area (Å²) in [5.41, 5.74) is 0. The molecule has 0 amide bonds. The zero-order valence-corrected chi connectivity index (χ0v) is 10.7. The maximum absolute atomic E-state index is 11.3. The third-order valence-corrected chi connectivity index (χ3v) is 4.42. The van der Waals surface area contributed by atoms with Gasteiger partial charge in [0.15, 0.2) is 9.84 Å². The van der Waals surface area contributed by atoms with E-state index in [0.29, 0.717) is 12.5 Å². The summed E-state index contributed by atoms with van der Waals surface area (Å²) < 4.78 is 24.1. The summed E-state index contributed by atoms with van der Waals surface area (Å²) in [6.07, 6.45) is 8.00. The van der Waals surface area contributed by atoms with E-state index in [1.807, 2.05) is 0 Å². The van der Waals surface area contributed by atoms with Crippen LogP contribution < -0.4 is 0 Å². The van der Waals surface area contributed by atoms with E-state index in [0.717, 1.165) is 19.1 Å². The fourth-order valence-electron chi connectivity index (χ4n) is 2.32. The number of aliphatic hydroxyl groups is 1. The first-order chi connectivity index (χ1) is 7.97. The smallest absolute Gasteiger partial charge is 0.178 e. The van der Waals surface area contributed by atoms with Gasteiger partial charge in [0.05, 0.1) is 18.8 Å². The van der Waals surface area contributed by atoms with E-state index in [4.69, 9.17) is 0 Å². The molecular formula is C11H18N2O3S. The van der Waals surface area contributed by atoms with Gasteiger partial charge in [0, 0.05) is 12.5 Å². The summed E-state index contributed by atoms with van der Waals surface area (Å²) >= 11 is 0. The van der Waals surface area contributed by atoms with Gasteiger partial charge in [-0.3, -0.25) is 4.68 Å². The van der Waals surface area contributed by atoms with E-state index >= 15 is 0 Å². The molecule has 0 bridgehead atoms. The quantitative estimate of drug-likeness (QED) is 0.868. The molecule has 0 radical (unpaired) electrons. The van der Waals surface area contributed by atoms with Crippen LogP contribution in [0.3, 0.4) is 0 Å². The zero-order chi connectivity index (χ0) is 12.5. The molecule has 6 heteroatoms. The summed E-state index contributed by atoms with van der Waals surface area (Å²) in [6, 6.07) is 0. The van der Waals surface area contributed by atoms with Crippen molar-refractivity contribution in [1.82, 2.24) is 9.78 Å². The number of sulfone groups is 1. The van der Waals surface area contributed by atoms with E-state index in [-0.39, 0.29) is 4.90 Å². The van der Waals surface area contributed by atoms with Gasteiger partial charge >= 0.3 is 0 Å².